The van der Waals surface area contributed by atoms with Crippen LogP contribution in [0.5, 0.6) is 0 Å². The Bertz CT molecular complexity index is 445. The molecule has 7 heteroatoms. The lowest BCUT2D eigenvalue weighted by atomic mass is 10.2. The lowest BCUT2D eigenvalue weighted by Gasteiger charge is -2.19. The second-order valence-corrected chi connectivity index (χ2v) is 5.80. The van der Waals surface area contributed by atoms with Gasteiger partial charge in [0, 0.05) is 35.4 Å². The van der Waals surface area contributed by atoms with Gasteiger partial charge < -0.3 is 14.4 Å². The quantitative estimate of drug-likeness (QED) is 0.835. The number of aromatic carboxylic acids is 1. The van der Waals surface area contributed by atoms with E-state index < -0.39 is 16.8 Å². The van der Waals surface area contributed by atoms with Gasteiger partial charge in [0.25, 0.3) is 6.01 Å². The van der Waals surface area contributed by atoms with Gasteiger partial charge in [-0.15, -0.1) is 0 Å². The average molecular weight is 258 g/mol. The Labute approximate surface area is 101 Å². The summed E-state index contributed by atoms with van der Waals surface area (Å²) in [5, 5.41) is 8.76. The molecule has 1 aromatic rings. The van der Waals surface area contributed by atoms with Crippen LogP contribution in [0.15, 0.2) is 10.7 Å². The molecule has 0 saturated carbocycles. The lowest BCUT2D eigenvalue weighted by molar-refractivity contribution is 0.0690. The summed E-state index contributed by atoms with van der Waals surface area (Å²) in [6, 6.07) is 0.299. The molecule has 0 amide bonds. The van der Waals surface area contributed by atoms with Gasteiger partial charge in [-0.1, -0.05) is 6.92 Å². The lowest BCUT2D eigenvalue weighted by Crippen LogP contribution is -2.29. The molecule has 94 valence electrons. The summed E-state index contributed by atoms with van der Waals surface area (Å²) in [5.41, 5.74) is -0.0991. The maximum Gasteiger partial charge on any atom is 0.357 e. The van der Waals surface area contributed by atoms with Gasteiger partial charge >= 0.3 is 5.97 Å². The van der Waals surface area contributed by atoms with Crippen LogP contribution in [0.4, 0.5) is 6.01 Å². The first-order chi connectivity index (χ1) is 8.06. The fraction of sp³-hybridized carbons (Fsp3) is 0.600. The van der Waals surface area contributed by atoms with E-state index in [1.807, 2.05) is 11.8 Å². The zero-order chi connectivity index (χ0) is 12.4. The van der Waals surface area contributed by atoms with Crippen LogP contribution in [0.1, 0.15) is 17.4 Å². The average Bonchev–Trinajstić information content (AvgIpc) is 2.67. The Morgan fingerprint density at radius 2 is 2.47 bits per heavy atom. The predicted octanol–water partition coefficient (Wildman–Crippen LogP) is 0.578. The van der Waals surface area contributed by atoms with E-state index in [1.54, 1.807) is 0 Å². The number of oxazole rings is 1. The molecule has 0 bridgehead atoms. The summed E-state index contributed by atoms with van der Waals surface area (Å²) in [6.45, 7) is 3.28. The third-order valence-electron chi connectivity index (χ3n) is 2.57. The molecule has 2 unspecified atom stereocenters. The van der Waals surface area contributed by atoms with E-state index in [-0.39, 0.29) is 11.6 Å². The van der Waals surface area contributed by atoms with E-state index in [4.69, 9.17) is 9.52 Å². The molecule has 1 aliphatic rings. The second-order valence-electron chi connectivity index (χ2n) is 4.18. The van der Waals surface area contributed by atoms with Gasteiger partial charge in [0.05, 0.1) is 0 Å². The van der Waals surface area contributed by atoms with Crippen LogP contribution >= 0.6 is 0 Å². The van der Waals surface area contributed by atoms with Crippen LogP contribution in [-0.4, -0.2) is 44.9 Å². The number of anilines is 1. The Hall–Kier alpha value is -1.37. The van der Waals surface area contributed by atoms with Gasteiger partial charge in [-0.2, -0.15) is 4.98 Å². The SMILES string of the molecule is CC1CN(c2nc(C(=O)O)co2)CCS(=O)C1. The van der Waals surface area contributed by atoms with Crippen molar-refractivity contribution < 1.29 is 18.5 Å². The van der Waals surface area contributed by atoms with Crippen molar-refractivity contribution in [1.82, 2.24) is 4.98 Å². The number of hydrogen-bond donors (Lipinski definition) is 1. The van der Waals surface area contributed by atoms with E-state index in [9.17, 15) is 9.00 Å². The number of aromatic nitrogens is 1. The van der Waals surface area contributed by atoms with Crippen molar-refractivity contribution in [2.24, 2.45) is 5.92 Å². The number of nitrogens with zero attached hydrogens (tertiary/aromatic N) is 2. The summed E-state index contributed by atoms with van der Waals surface area (Å²) < 4.78 is 16.7. The summed E-state index contributed by atoms with van der Waals surface area (Å²) in [7, 11) is -0.812. The molecule has 1 fully saturated rings. The summed E-state index contributed by atoms with van der Waals surface area (Å²) >= 11 is 0. The Morgan fingerprint density at radius 3 is 3.12 bits per heavy atom. The molecule has 0 aliphatic carbocycles. The molecule has 1 aromatic heterocycles. The molecule has 17 heavy (non-hydrogen) atoms. The van der Waals surface area contributed by atoms with Crippen molar-refractivity contribution in [2.75, 3.05) is 29.5 Å². The molecule has 2 atom stereocenters. The maximum absolute atomic E-state index is 11.5. The summed E-state index contributed by atoms with van der Waals surface area (Å²) in [4.78, 5) is 16.4. The minimum absolute atomic E-state index is 0.0991. The zero-order valence-electron chi connectivity index (χ0n) is 9.46. The third-order valence-corrected chi connectivity index (χ3v) is 4.15. The van der Waals surface area contributed by atoms with E-state index >= 15 is 0 Å². The Morgan fingerprint density at radius 1 is 1.71 bits per heavy atom. The van der Waals surface area contributed by atoms with Gasteiger partial charge in [-0.25, -0.2) is 4.79 Å². The first-order valence-corrected chi connectivity index (χ1v) is 6.84. The number of carboxylic acids is 1. The van der Waals surface area contributed by atoms with E-state index in [0.717, 1.165) is 6.26 Å². The monoisotopic (exact) mass is 258 g/mol. The highest BCUT2D eigenvalue weighted by molar-refractivity contribution is 7.85. The highest BCUT2D eigenvalue weighted by Crippen LogP contribution is 2.18. The van der Waals surface area contributed by atoms with Crippen molar-refractivity contribution >= 4 is 22.8 Å². The van der Waals surface area contributed by atoms with Gasteiger partial charge in [-0.3, -0.25) is 4.21 Å². The molecule has 0 radical (unpaired) electrons. The minimum Gasteiger partial charge on any atom is -0.476 e. The molecule has 6 nitrogen and oxygen atoms in total. The molecular formula is C10H14N2O4S. The van der Waals surface area contributed by atoms with E-state index in [2.05, 4.69) is 4.98 Å². The van der Waals surface area contributed by atoms with Crippen molar-refractivity contribution in [3.63, 3.8) is 0 Å². The van der Waals surface area contributed by atoms with Crippen LogP contribution in [0, 0.1) is 5.92 Å². The van der Waals surface area contributed by atoms with Crippen LogP contribution in [0.25, 0.3) is 0 Å². The van der Waals surface area contributed by atoms with Crippen LogP contribution in [0.3, 0.4) is 0 Å². The second kappa shape index (κ2) is 4.87. The number of carboxylic acid groups (broad SMARTS) is 1. The van der Waals surface area contributed by atoms with Crippen molar-refractivity contribution in [2.45, 2.75) is 6.92 Å². The predicted molar refractivity (Wildman–Crippen MR) is 62.7 cm³/mol. The van der Waals surface area contributed by atoms with Gasteiger partial charge in [0.2, 0.25) is 0 Å². The van der Waals surface area contributed by atoms with Crippen molar-refractivity contribution in [3.05, 3.63) is 12.0 Å². The first-order valence-electron chi connectivity index (χ1n) is 5.35. The Balaban J connectivity index is 2.14. The Kier molecular flexibility index (Phi) is 3.46. The highest BCUT2D eigenvalue weighted by atomic mass is 32.2. The molecule has 1 saturated heterocycles. The normalized spacial score (nSPS) is 25.6. The largest absolute Gasteiger partial charge is 0.476 e. The first kappa shape index (κ1) is 12.1. The minimum atomic E-state index is -1.11. The van der Waals surface area contributed by atoms with E-state index in [0.29, 0.717) is 30.6 Å². The summed E-state index contributed by atoms with van der Waals surface area (Å²) in [5.74, 6) is 0.406. The van der Waals surface area contributed by atoms with Crippen molar-refractivity contribution in [3.8, 4) is 0 Å². The molecule has 0 spiro atoms. The molecule has 0 aromatic carbocycles. The van der Waals surface area contributed by atoms with Crippen LogP contribution < -0.4 is 4.90 Å². The molecule has 1 N–H and O–H groups in total. The fourth-order valence-corrected chi connectivity index (χ4v) is 3.15. The number of rotatable bonds is 2. The molecule has 2 rings (SSSR count). The third kappa shape index (κ3) is 2.85. The van der Waals surface area contributed by atoms with Crippen molar-refractivity contribution in [1.29, 1.82) is 0 Å². The topological polar surface area (TPSA) is 83.6 Å². The van der Waals surface area contributed by atoms with Gasteiger partial charge in [0.15, 0.2) is 5.69 Å². The van der Waals surface area contributed by atoms with E-state index in [1.165, 1.54) is 0 Å². The van der Waals surface area contributed by atoms with Gasteiger partial charge in [0.1, 0.15) is 6.26 Å². The summed E-state index contributed by atoms with van der Waals surface area (Å²) in [6.07, 6.45) is 1.13. The number of hydrogen-bond acceptors (Lipinski definition) is 5. The van der Waals surface area contributed by atoms with Crippen LogP contribution in [0.2, 0.25) is 0 Å². The molecular weight excluding hydrogens is 244 g/mol. The maximum atomic E-state index is 11.5. The number of carbonyl (C=O) groups is 1. The molecule has 2 heterocycles. The standard InChI is InChI=1S/C10H14N2O4S/c1-7-4-12(2-3-17(15)6-7)10-11-8(5-16-10)9(13)14/h5,7H,2-4,6H2,1H3,(H,13,14). The zero-order valence-corrected chi connectivity index (χ0v) is 10.3. The van der Waals surface area contributed by atoms with Gasteiger partial charge in [-0.05, 0) is 5.92 Å². The molecule has 1 aliphatic heterocycles. The van der Waals surface area contributed by atoms with Crippen LogP contribution in [-0.2, 0) is 10.8 Å². The fourth-order valence-electron chi connectivity index (χ4n) is 1.81. The highest BCUT2D eigenvalue weighted by Gasteiger charge is 2.23. The smallest absolute Gasteiger partial charge is 0.357 e.